The molecule has 0 radical (unpaired) electrons. The maximum Gasteiger partial charge on any atom is 0.416 e. The van der Waals surface area contributed by atoms with Crippen LogP contribution in [0.2, 0.25) is 0 Å². The van der Waals surface area contributed by atoms with E-state index >= 15 is 0 Å². The Balaban J connectivity index is 1.73. The first kappa shape index (κ1) is 17.9. The first-order chi connectivity index (χ1) is 11.9. The van der Waals surface area contributed by atoms with Gasteiger partial charge in [-0.25, -0.2) is 4.39 Å². The van der Waals surface area contributed by atoms with Crippen molar-refractivity contribution in [3.63, 3.8) is 0 Å². The van der Waals surface area contributed by atoms with Crippen molar-refractivity contribution in [1.29, 1.82) is 0 Å². The van der Waals surface area contributed by atoms with Crippen molar-refractivity contribution in [1.82, 2.24) is 10.6 Å². The first-order valence-corrected chi connectivity index (χ1v) is 8.32. The topological polar surface area (TPSA) is 24.1 Å². The fourth-order valence-corrected chi connectivity index (χ4v) is 3.25. The molecule has 2 aromatic carbocycles. The summed E-state index contributed by atoms with van der Waals surface area (Å²) in [4.78, 5) is 0. The summed E-state index contributed by atoms with van der Waals surface area (Å²) in [5.41, 5.74) is 0.323. The lowest BCUT2D eigenvalue weighted by molar-refractivity contribution is -0.137. The lowest BCUT2D eigenvalue weighted by atomic mass is 9.92. The highest BCUT2D eigenvalue weighted by Crippen LogP contribution is 2.30. The van der Waals surface area contributed by atoms with Gasteiger partial charge in [0, 0.05) is 24.2 Å². The Kier molecular flexibility index (Phi) is 5.39. The predicted molar refractivity (Wildman–Crippen MR) is 88.4 cm³/mol. The zero-order valence-corrected chi connectivity index (χ0v) is 13.6. The summed E-state index contributed by atoms with van der Waals surface area (Å²) >= 11 is 0. The normalized spacial score (nSPS) is 21.3. The minimum atomic E-state index is -4.47. The van der Waals surface area contributed by atoms with E-state index in [9.17, 15) is 17.6 Å². The van der Waals surface area contributed by atoms with E-state index in [4.69, 9.17) is 0 Å². The average Bonchev–Trinajstić information content (AvgIpc) is 2.61. The fraction of sp³-hybridized carbons (Fsp3) is 0.368. The van der Waals surface area contributed by atoms with Crippen molar-refractivity contribution in [3.05, 3.63) is 71.0 Å². The Labute approximate surface area is 144 Å². The third-order valence-corrected chi connectivity index (χ3v) is 4.54. The Morgan fingerprint density at radius 2 is 1.84 bits per heavy atom. The quantitative estimate of drug-likeness (QED) is 0.796. The Morgan fingerprint density at radius 1 is 1.08 bits per heavy atom. The molecule has 6 heteroatoms. The monoisotopic (exact) mass is 352 g/mol. The summed E-state index contributed by atoms with van der Waals surface area (Å²) in [6, 6.07) is 12.5. The van der Waals surface area contributed by atoms with Crippen molar-refractivity contribution in [2.24, 2.45) is 0 Å². The summed E-state index contributed by atoms with van der Waals surface area (Å²) in [7, 11) is 0. The van der Waals surface area contributed by atoms with E-state index in [1.165, 1.54) is 0 Å². The molecule has 2 nitrogen and oxygen atoms in total. The minimum Gasteiger partial charge on any atom is -0.309 e. The van der Waals surface area contributed by atoms with E-state index in [0.717, 1.165) is 43.1 Å². The summed E-state index contributed by atoms with van der Waals surface area (Å²) < 4.78 is 52.4. The highest BCUT2D eigenvalue weighted by Gasteiger charge is 2.31. The van der Waals surface area contributed by atoms with Gasteiger partial charge in [-0.3, -0.25) is 0 Å². The van der Waals surface area contributed by atoms with Crippen LogP contribution in [0.4, 0.5) is 17.6 Å². The molecule has 1 aliphatic heterocycles. The molecular weight excluding hydrogens is 332 g/mol. The zero-order chi connectivity index (χ0) is 17.9. The van der Waals surface area contributed by atoms with Crippen LogP contribution in [-0.2, 0) is 12.7 Å². The third kappa shape index (κ3) is 4.38. The van der Waals surface area contributed by atoms with E-state index in [2.05, 4.69) is 10.6 Å². The number of halogens is 4. The second-order valence-electron chi connectivity index (χ2n) is 6.28. The van der Waals surface area contributed by atoms with Crippen LogP contribution in [0.1, 0.15) is 35.6 Å². The number of benzene rings is 2. The molecular formula is C19H20F4N2. The zero-order valence-electron chi connectivity index (χ0n) is 13.6. The Bertz CT molecular complexity index is 700. The van der Waals surface area contributed by atoms with Gasteiger partial charge in [0.1, 0.15) is 5.82 Å². The highest BCUT2D eigenvalue weighted by atomic mass is 19.4. The molecule has 0 bridgehead atoms. The van der Waals surface area contributed by atoms with Crippen LogP contribution >= 0.6 is 0 Å². The maximum absolute atomic E-state index is 13.9. The Morgan fingerprint density at radius 3 is 2.56 bits per heavy atom. The lowest BCUT2D eigenvalue weighted by Crippen LogP contribution is -2.45. The smallest absolute Gasteiger partial charge is 0.309 e. The van der Waals surface area contributed by atoms with Crippen molar-refractivity contribution in [2.45, 2.75) is 37.6 Å². The molecule has 1 saturated heterocycles. The van der Waals surface area contributed by atoms with E-state index in [1.807, 2.05) is 30.3 Å². The molecule has 0 amide bonds. The van der Waals surface area contributed by atoms with Gasteiger partial charge < -0.3 is 10.6 Å². The van der Waals surface area contributed by atoms with Gasteiger partial charge in [0.05, 0.1) is 5.56 Å². The SMILES string of the molecule is Fc1ccc(C(F)(F)F)cc1CNC1CCCNC1c1ccccc1. The van der Waals surface area contributed by atoms with Crippen LogP contribution in [0, 0.1) is 5.82 Å². The molecule has 2 atom stereocenters. The van der Waals surface area contributed by atoms with E-state index in [1.54, 1.807) is 0 Å². The molecule has 134 valence electrons. The van der Waals surface area contributed by atoms with Gasteiger partial charge in [-0.1, -0.05) is 30.3 Å². The van der Waals surface area contributed by atoms with Crippen LogP contribution in [0.15, 0.2) is 48.5 Å². The van der Waals surface area contributed by atoms with Gasteiger partial charge in [0.15, 0.2) is 0 Å². The molecule has 2 N–H and O–H groups in total. The number of alkyl halides is 3. The molecule has 25 heavy (non-hydrogen) atoms. The molecule has 2 aromatic rings. The number of hydrogen-bond acceptors (Lipinski definition) is 2. The van der Waals surface area contributed by atoms with Crippen LogP contribution in [-0.4, -0.2) is 12.6 Å². The van der Waals surface area contributed by atoms with Crippen molar-refractivity contribution in [2.75, 3.05) is 6.54 Å². The third-order valence-electron chi connectivity index (χ3n) is 4.54. The van der Waals surface area contributed by atoms with E-state index in [-0.39, 0.29) is 24.2 Å². The molecule has 0 aliphatic carbocycles. The molecule has 0 spiro atoms. The largest absolute Gasteiger partial charge is 0.416 e. The molecule has 3 rings (SSSR count). The van der Waals surface area contributed by atoms with E-state index in [0.29, 0.717) is 0 Å². The number of rotatable bonds is 4. The van der Waals surface area contributed by atoms with Crippen LogP contribution < -0.4 is 10.6 Å². The second-order valence-corrected chi connectivity index (χ2v) is 6.28. The van der Waals surface area contributed by atoms with Crippen molar-refractivity contribution < 1.29 is 17.6 Å². The van der Waals surface area contributed by atoms with Crippen LogP contribution in [0.25, 0.3) is 0 Å². The fourth-order valence-electron chi connectivity index (χ4n) is 3.25. The summed E-state index contributed by atoms with van der Waals surface area (Å²) in [6.45, 7) is 0.946. The summed E-state index contributed by atoms with van der Waals surface area (Å²) in [5.74, 6) is -0.625. The minimum absolute atomic E-state index is 0.0325. The summed E-state index contributed by atoms with van der Waals surface area (Å²) in [5, 5.41) is 6.67. The molecule has 1 fully saturated rings. The first-order valence-electron chi connectivity index (χ1n) is 8.32. The van der Waals surface area contributed by atoms with Gasteiger partial charge in [0.25, 0.3) is 0 Å². The second kappa shape index (κ2) is 7.54. The maximum atomic E-state index is 13.9. The van der Waals surface area contributed by atoms with Crippen LogP contribution in [0.5, 0.6) is 0 Å². The van der Waals surface area contributed by atoms with Crippen LogP contribution in [0.3, 0.4) is 0 Å². The number of nitrogens with one attached hydrogen (secondary N) is 2. The molecule has 1 heterocycles. The van der Waals surface area contributed by atoms with Crippen molar-refractivity contribution >= 4 is 0 Å². The van der Waals surface area contributed by atoms with Gasteiger partial charge in [-0.05, 0) is 43.1 Å². The van der Waals surface area contributed by atoms with E-state index < -0.39 is 17.6 Å². The molecule has 2 unspecified atom stereocenters. The lowest BCUT2D eigenvalue weighted by Gasteiger charge is -2.34. The standard InChI is InChI=1S/C19H20F4N2/c20-16-9-8-15(19(21,22)23)11-14(16)12-25-17-7-4-10-24-18(17)13-5-2-1-3-6-13/h1-3,5-6,8-9,11,17-18,24-25H,4,7,10,12H2. The average molecular weight is 352 g/mol. The number of piperidine rings is 1. The number of hydrogen-bond donors (Lipinski definition) is 2. The van der Waals surface area contributed by atoms with Gasteiger partial charge in [-0.15, -0.1) is 0 Å². The van der Waals surface area contributed by atoms with Gasteiger partial charge >= 0.3 is 6.18 Å². The predicted octanol–water partition coefficient (Wildman–Crippen LogP) is 4.43. The molecule has 1 aliphatic rings. The Hall–Kier alpha value is -1.92. The summed E-state index contributed by atoms with van der Waals surface area (Å²) in [6.07, 6.45) is -2.62. The van der Waals surface area contributed by atoms with Gasteiger partial charge in [-0.2, -0.15) is 13.2 Å². The molecule has 0 saturated carbocycles. The van der Waals surface area contributed by atoms with Crippen molar-refractivity contribution in [3.8, 4) is 0 Å². The molecule has 0 aromatic heterocycles. The van der Waals surface area contributed by atoms with Gasteiger partial charge in [0.2, 0.25) is 0 Å². The highest BCUT2D eigenvalue weighted by molar-refractivity contribution is 5.27.